The van der Waals surface area contributed by atoms with Crippen molar-refractivity contribution in [2.75, 3.05) is 31.1 Å². The highest BCUT2D eigenvalue weighted by molar-refractivity contribution is 6.41. The van der Waals surface area contributed by atoms with E-state index in [-0.39, 0.29) is 27.3 Å². The molecule has 1 fully saturated rings. The Bertz CT molecular complexity index is 1510. The van der Waals surface area contributed by atoms with Crippen molar-refractivity contribution < 1.29 is 9.53 Å². The summed E-state index contributed by atoms with van der Waals surface area (Å²) in [7, 11) is 0. The molecule has 0 radical (unpaired) electrons. The molecule has 0 aromatic carbocycles. The van der Waals surface area contributed by atoms with Crippen molar-refractivity contribution >= 4 is 46.0 Å². The number of carbonyl (C=O) groups is 1. The van der Waals surface area contributed by atoms with Crippen LogP contribution < -0.4 is 10.5 Å². The fourth-order valence-corrected chi connectivity index (χ4v) is 4.89. The first-order valence-corrected chi connectivity index (χ1v) is 13.1. The molecular weight excluding hydrogens is 527 g/mol. The number of carbonyl (C=O) groups excluding carboxylic acids is 1. The molecule has 1 saturated heterocycles. The van der Waals surface area contributed by atoms with Gasteiger partial charge in [0.1, 0.15) is 22.4 Å². The van der Waals surface area contributed by atoms with E-state index in [1.54, 1.807) is 17.2 Å². The van der Waals surface area contributed by atoms with Crippen molar-refractivity contribution in [2.24, 2.45) is 0 Å². The molecule has 11 heteroatoms. The lowest BCUT2D eigenvalue weighted by Gasteiger charge is -2.37. The van der Waals surface area contributed by atoms with E-state index >= 15 is 0 Å². The third-order valence-corrected chi connectivity index (χ3v) is 6.99. The molecule has 4 heterocycles. The van der Waals surface area contributed by atoms with E-state index in [9.17, 15) is 14.9 Å². The lowest BCUT2D eigenvalue weighted by atomic mass is 10.0. The number of anilines is 1. The summed E-state index contributed by atoms with van der Waals surface area (Å²) >= 11 is 12.8. The van der Waals surface area contributed by atoms with Gasteiger partial charge in [-0.2, -0.15) is 5.26 Å². The van der Waals surface area contributed by atoms with Crippen molar-refractivity contribution in [2.45, 2.75) is 53.1 Å². The van der Waals surface area contributed by atoms with Gasteiger partial charge >= 0.3 is 6.09 Å². The normalized spacial score (nSPS) is 14.2. The monoisotopic (exact) mass is 556 g/mol. The van der Waals surface area contributed by atoms with Crippen LogP contribution in [0.15, 0.2) is 23.1 Å². The highest BCUT2D eigenvalue weighted by Gasteiger charge is 2.31. The molecule has 0 bridgehead atoms. The summed E-state index contributed by atoms with van der Waals surface area (Å²) < 4.78 is 6.93. The molecule has 0 spiro atoms. The Morgan fingerprint density at radius 3 is 2.39 bits per heavy atom. The third-order valence-electron chi connectivity index (χ3n) is 6.32. The van der Waals surface area contributed by atoms with E-state index in [1.165, 1.54) is 4.57 Å². The molecule has 1 amide bonds. The summed E-state index contributed by atoms with van der Waals surface area (Å²) in [5.41, 5.74) is 1.61. The smallest absolute Gasteiger partial charge is 0.410 e. The zero-order valence-corrected chi connectivity index (χ0v) is 23.8. The Kier molecular flexibility index (Phi) is 7.60. The molecule has 200 valence electrons. The molecule has 4 rings (SSSR count). The number of piperazine rings is 1. The Morgan fingerprint density at radius 1 is 1.16 bits per heavy atom. The van der Waals surface area contributed by atoms with E-state index in [4.69, 9.17) is 27.9 Å². The van der Waals surface area contributed by atoms with E-state index in [1.807, 2.05) is 52.5 Å². The number of hydrogen-bond donors (Lipinski definition) is 0. The van der Waals surface area contributed by atoms with Crippen LogP contribution in [0.3, 0.4) is 0 Å². The fraction of sp³-hybridized carbons (Fsp3) is 0.444. The van der Waals surface area contributed by atoms with E-state index in [0.29, 0.717) is 48.6 Å². The maximum absolute atomic E-state index is 14.0. The SMILES string of the molecule is Cc1ccnc(C(C)C)c1-n1c(=O)c(C#N)c(N2CCN(C(=O)OC(C)(C)C)CC2)c2cc(Cl)c(Cl)nc21. The van der Waals surface area contributed by atoms with Gasteiger partial charge in [-0.05, 0) is 51.3 Å². The standard InChI is InChI=1S/C27H30Cl2N6O3/c1-15(2)20-21(16(3)7-8-31-20)35-24-17(13-19(28)23(29)32-24)22(18(14-30)25(35)36)33-9-11-34(12-10-33)26(37)38-27(4,5)6/h7-8,13,15H,9-12H2,1-6H3. The zero-order chi connectivity index (χ0) is 27.9. The summed E-state index contributed by atoms with van der Waals surface area (Å²) in [6.07, 6.45) is 1.30. The van der Waals surface area contributed by atoms with Crippen LogP contribution in [-0.4, -0.2) is 57.3 Å². The summed E-state index contributed by atoms with van der Waals surface area (Å²) in [5, 5.41) is 11.0. The summed E-state index contributed by atoms with van der Waals surface area (Å²) in [6.45, 7) is 12.8. The Labute approximate surface area is 231 Å². The molecule has 0 aliphatic carbocycles. The number of amides is 1. The number of aryl methyl sites for hydroxylation is 1. The van der Waals surface area contributed by atoms with Crippen LogP contribution in [0.1, 0.15) is 57.4 Å². The fourth-order valence-electron chi connectivity index (χ4n) is 4.61. The van der Waals surface area contributed by atoms with Gasteiger partial charge in [-0.15, -0.1) is 0 Å². The summed E-state index contributed by atoms with van der Waals surface area (Å²) in [4.78, 5) is 39.2. The number of fused-ring (bicyclic) bond motifs is 1. The molecule has 0 unspecified atom stereocenters. The largest absolute Gasteiger partial charge is 0.444 e. The summed E-state index contributed by atoms with van der Waals surface area (Å²) in [6, 6.07) is 5.58. The maximum atomic E-state index is 14.0. The number of pyridine rings is 3. The number of nitriles is 1. The highest BCUT2D eigenvalue weighted by Crippen LogP contribution is 2.35. The van der Waals surface area contributed by atoms with Gasteiger partial charge in [-0.3, -0.25) is 14.3 Å². The van der Waals surface area contributed by atoms with Gasteiger partial charge in [0.15, 0.2) is 5.65 Å². The molecule has 9 nitrogen and oxygen atoms in total. The first kappa shape index (κ1) is 27.7. The quantitative estimate of drug-likeness (QED) is 0.395. The van der Waals surface area contributed by atoms with E-state index < -0.39 is 17.3 Å². The molecule has 0 atom stereocenters. The van der Waals surface area contributed by atoms with Gasteiger partial charge in [-0.1, -0.05) is 37.0 Å². The molecule has 0 saturated carbocycles. The minimum absolute atomic E-state index is 0.000709. The lowest BCUT2D eigenvalue weighted by molar-refractivity contribution is 0.0240. The Hall–Kier alpha value is -3.35. The van der Waals surface area contributed by atoms with Crippen LogP contribution >= 0.6 is 23.2 Å². The Balaban J connectivity index is 1.91. The van der Waals surface area contributed by atoms with E-state index in [2.05, 4.69) is 16.0 Å². The zero-order valence-electron chi connectivity index (χ0n) is 22.3. The number of halogens is 2. The number of ether oxygens (including phenoxy) is 1. The van der Waals surface area contributed by atoms with Gasteiger partial charge in [0.25, 0.3) is 5.56 Å². The first-order valence-electron chi connectivity index (χ1n) is 12.4. The van der Waals surface area contributed by atoms with Crippen molar-refractivity contribution in [1.82, 2.24) is 19.4 Å². The molecule has 3 aromatic rings. The average Bonchev–Trinajstić information content (AvgIpc) is 2.84. The number of rotatable bonds is 3. The van der Waals surface area contributed by atoms with Gasteiger partial charge < -0.3 is 14.5 Å². The second-order valence-electron chi connectivity index (χ2n) is 10.6. The van der Waals surface area contributed by atoms with Crippen LogP contribution in [-0.2, 0) is 4.74 Å². The van der Waals surface area contributed by atoms with E-state index in [0.717, 1.165) is 5.56 Å². The van der Waals surface area contributed by atoms with Gasteiger partial charge in [0.05, 0.1) is 22.1 Å². The third kappa shape index (κ3) is 5.16. The second kappa shape index (κ2) is 10.4. The van der Waals surface area contributed by atoms with Crippen molar-refractivity contribution in [1.29, 1.82) is 5.26 Å². The maximum Gasteiger partial charge on any atom is 0.410 e. The molecule has 3 aromatic heterocycles. The van der Waals surface area contributed by atoms with Gasteiger partial charge in [0.2, 0.25) is 0 Å². The number of nitrogens with zero attached hydrogens (tertiary/aromatic N) is 6. The lowest BCUT2D eigenvalue weighted by Crippen LogP contribution is -2.50. The van der Waals surface area contributed by atoms with Crippen molar-refractivity contribution in [3.05, 3.63) is 55.7 Å². The molecule has 0 N–H and O–H groups in total. The number of aromatic nitrogens is 3. The molecular formula is C27H30Cl2N6O3. The van der Waals surface area contributed by atoms with Crippen molar-refractivity contribution in [3.63, 3.8) is 0 Å². The molecule has 38 heavy (non-hydrogen) atoms. The summed E-state index contributed by atoms with van der Waals surface area (Å²) in [5.74, 6) is 0.000709. The minimum Gasteiger partial charge on any atom is -0.444 e. The van der Waals surface area contributed by atoms with Crippen molar-refractivity contribution in [3.8, 4) is 11.8 Å². The van der Waals surface area contributed by atoms with Crippen LogP contribution in [0.5, 0.6) is 0 Å². The predicted molar refractivity (Wildman–Crippen MR) is 149 cm³/mol. The second-order valence-corrected chi connectivity index (χ2v) is 11.3. The van der Waals surface area contributed by atoms with Gasteiger partial charge in [0, 0.05) is 37.8 Å². The Morgan fingerprint density at radius 2 is 1.82 bits per heavy atom. The highest BCUT2D eigenvalue weighted by atomic mass is 35.5. The molecule has 1 aliphatic rings. The minimum atomic E-state index is -0.607. The average molecular weight is 557 g/mol. The topological polar surface area (TPSA) is 104 Å². The first-order chi connectivity index (χ1) is 17.8. The van der Waals surface area contributed by atoms with Crippen LogP contribution in [0, 0.1) is 18.3 Å². The number of hydrogen-bond acceptors (Lipinski definition) is 7. The van der Waals surface area contributed by atoms with Crippen LogP contribution in [0.25, 0.3) is 16.7 Å². The van der Waals surface area contributed by atoms with Crippen LogP contribution in [0.2, 0.25) is 10.2 Å². The van der Waals surface area contributed by atoms with Crippen LogP contribution in [0.4, 0.5) is 10.5 Å². The van der Waals surface area contributed by atoms with Gasteiger partial charge in [-0.25, -0.2) is 9.78 Å². The molecule has 1 aliphatic heterocycles. The predicted octanol–water partition coefficient (Wildman–Crippen LogP) is 5.45.